The molecule has 0 aromatic rings. The lowest BCUT2D eigenvalue weighted by molar-refractivity contribution is -0.109. The van der Waals surface area contributed by atoms with Crippen LogP contribution in [0.5, 0.6) is 0 Å². The summed E-state index contributed by atoms with van der Waals surface area (Å²) in [6.45, 7) is 1.02. The van der Waals surface area contributed by atoms with Crippen LogP contribution < -0.4 is 11.1 Å². The van der Waals surface area contributed by atoms with Gasteiger partial charge in [-0.05, 0) is 26.4 Å². The molecule has 0 bridgehead atoms. The van der Waals surface area contributed by atoms with Crippen molar-refractivity contribution in [3.8, 4) is 0 Å². The van der Waals surface area contributed by atoms with E-state index in [2.05, 4.69) is 11.1 Å². The van der Waals surface area contributed by atoms with Gasteiger partial charge in [-0.15, -0.1) is 0 Å². The van der Waals surface area contributed by atoms with E-state index >= 15 is 0 Å². The molecule has 0 amide bonds. The first kappa shape index (κ1) is 8.59. The molecule has 3 N–H and O–H groups in total. The Hall–Kier alpha value is -0.410. The van der Waals surface area contributed by atoms with Crippen LogP contribution in [0.15, 0.2) is 0 Å². The second-order valence-electron chi connectivity index (χ2n) is 1.84. The standard InChI is InChI=1S/C5H9NO.CH5N/c7-4-5-2-1-3-6-5;1-2/h4-6H,1-3H2;2H2,1H3. The topological polar surface area (TPSA) is 55.1 Å². The maximum absolute atomic E-state index is 9.94. The zero-order valence-electron chi connectivity index (χ0n) is 5.76. The first-order valence-corrected chi connectivity index (χ1v) is 3.20. The molecule has 3 nitrogen and oxygen atoms in total. The Morgan fingerprint density at radius 1 is 1.67 bits per heavy atom. The van der Waals surface area contributed by atoms with E-state index < -0.39 is 0 Å². The highest BCUT2D eigenvalue weighted by atomic mass is 16.1. The van der Waals surface area contributed by atoms with Crippen LogP contribution >= 0.6 is 0 Å². The van der Waals surface area contributed by atoms with Crippen LogP contribution in [0.4, 0.5) is 0 Å². The Morgan fingerprint density at radius 2 is 2.33 bits per heavy atom. The van der Waals surface area contributed by atoms with Gasteiger partial charge in [-0.3, -0.25) is 0 Å². The molecule has 0 spiro atoms. The van der Waals surface area contributed by atoms with E-state index in [0.29, 0.717) is 0 Å². The average molecular weight is 130 g/mol. The molecule has 3 heteroatoms. The maximum Gasteiger partial charge on any atom is 0.136 e. The van der Waals surface area contributed by atoms with Gasteiger partial charge in [0.25, 0.3) is 0 Å². The smallest absolute Gasteiger partial charge is 0.136 e. The number of hydrogen-bond donors (Lipinski definition) is 2. The first-order valence-electron chi connectivity index (χ1n) is 3.20. The summed E-state index contributed by atoms with van der Waals surface area (Å²) in [5, 5.41) is 3.04. The van der Waals surface area contributed by atoms with E-state index in [1.54, 1.807) is 0 Å². The van der Waals surface area contributed by atoms with E-state index in [1.165, 1.54) is 7.05 Å². The SMILES string of the molecule is CN.O=CC1CCCN1. The molecular formula is C6H14N2O. The number of hydrogen-bond acceptors (Lipinski definition) is 3. The van der Waals surface area contributed by atoms with E-state index in [9.17, 15) is 4.79 Å². The van der Waals surface area contributed by atoms with Crippen molar-refractivity contribution in [2.24, 2.45) is 5.73 Å². The highest BCUT2D eigenvalue weighted by molar-refractivity contribution is 5.57. The second-order valence-corrected chi connectivity index (χ2v) is 1.84. The predicted octanol–water partition coefficient (Wildman–Crippen LogP) is -0.488. The van der Waals surface area contributed by atoms with Gasteiger partial charge < -0.3 is 15.8 Å². The largest absolute Gasteiger partial charge is 0.333 e. The van der Waals surface area contributed by atoms with Gasteiger partial charge in [-0.2, -0.15) is 0 Å². The minimum Gasteiger partial charge on any atom is -0.333 e. The molecule has 1 saturated heterocycles. The third-order valence-corrected chi connectivity index (χ3v) is 1.26. The van der Waals surface area contributed by atoms with Crippen molar-refractivity contribution in [3.05, 3.63) is 0 Å². The molecule has 1 unspecified atom stereocenters. The van der Waals surface area contributed by atoms with Gasteiger partial charge >= 0.3 is 0 Å². The summed E-state index contributed by atoms with van der Waals surface area (Å²) in [4.78, 5) is 9.94. The molecule has 0 aromatic carbocycles. The molecule has 54 valence electrons. The van der Waals surface area contributed by atoms with Gasteiger partial charge in [0.2, 0.25) is 0 Å². The summed E-state index contributed by atoms with van der Waals surface area (Å²) in [6, 6.07) is 0.167. The summed E-state index contributed by atoms with van der Waals surface area (Å²) in [5.74, 6) is 0. The van der Waals surface area contributed by atoms with Gasteiger partial charge in [0.15, 0.2) is 0 Å². The van der Waals surface area contributed by atoms with Gasteiger partial charge in [-0.1, -0.05) is 0 Å². The van der Waals surface area contributed by atoms with Crippen LogP contribution in [-0.2, 0) is 4.79 Å². The van der Waals surface area contributed by atoms with Gasteiger partial charge in [0.05, 0.1) is 6.04 Å². The monoisotopic (exact) mass is 130 g/mol. The lowest BCUT2D eigenvalue weighted by Crippen LogP contribution is -2.21. The van der Waals surface area contributed by atoms with E-state index in [1.807, 2.05) is 0 Å². The highest BCUT2D eigenvalue weighted by Gasteiger charge is 2.10. The summed E-state index contributed by atoms with van der Waals surface area (Å²) < 4.78 is 0. The molecule has 0 saturated carbocycles. The fraction of sp³-hybridized carbons (Fsp3) is 0.833. The van der Waals surface area contributed by atoms with Crippen molar-refractivity contribution >= 4 is 6.29 Å². The van der Waals surface area contributed by atoms with Crippen molar-refractivity contribution in [2.45, 2.75) is 18.9 Å². The predicted molar refractivity (Wildman–Crippen MR) is 37.2 cm³/mol. The van der Waals surface area contributed by atoms with Crippen LogP contribution in [0.3, 0.4) is 0 Å². The number of nitrogens with one attached hydrogen (secondary N) is 1. The Labute approximate surface area is 55.6 Å². The fourth-order valence-corrected chi connectivity index (χ4v) is 0.828. The van der Waals surface area contributed by atoms with Gasteiger partial charge in [-0.25, -0.2) is 0 Å². The van der Waals surface area contributed by atoms with Crippen LogP contribution in [0, 0.1) is 0 Å². The Kier molecular flexibility index (Phi) is 5.46. The molecule has 1 aliphatic heterocycles. The van der Waals surface area contributed by atoms with E-state index in [4.69, 9.17) is 0 Å². The number of aldehydes is 1. The number of nitrogens with two attached hydrogens (primary N) is 1. The molecule has 1 fully saturated rings. The number of carbonyl (C=O) groups excluding carboxylic acids is 1. The minimum atomic E-state index is 0.167. The number of rotatable bonds is 1. The Morgan fingerprint density at radius 3 is 2.56 bits per heavy atom. The third-order valence-electron chi connectivity index (χ3n) is 1.26. The average Bonchev–Trinajstić information content (AvgIpc) is 2.43. The van der Waals surface area contributed by atoms with Gasteiger partial charge in [0.1, 0.15) is 6.29 Å². The van der Waals surface area contributed by atoms with Gasteiger partial charge in [0, 0.05) is 0 Å². The van der Waals surface area contributed by atoms with Crippen molar-refractivity contribution in [1.82, 2.24) is 5.32 Å². The Bertz CT molecular complexity index is 69.5. The van der Waals surface area contributed by atoms with E-state index in [0.717, 1.165) is 25.7 Å². The molecular weight excluding hydrogens is 116 g/mol. The third kappa shape index (κ3) is 3.21. The molecule has 1 rings (SSSR count). The molecule has 1 aliphatic rings. The zero-order valence-corrected chi connectivity index (χ0v) is 5.76. The lowest BCUT2D eigenvalue weighted by atomic mass is 10.2. The molecule has 1 atom stereocenters. The van der Waals surface area contributed by atoms with Crippen LogP contribution in [0.2, 0.25) is 0 Å². The van der Waals surface area contributed by atoms with Crippen molar-refractivity contribution in [3.63, 3.8) is 0 Å². The number of carbonyl (C=O) groups is 1. The summed E-state index contributed by atoms with van der Waals surface area (Å²) in [7, 11) is 1.50. The summed E-state index contributed by atoms with van der Waals surface area (Å²) in [5.41, 5.74) is 4.50. The molecule has 0 aliphatic carbocycles. The molecule has 0 aromatic heterocycles. The van der Waals surface area contributed by atoms with Crippen LogP contribution in [0.1, 0.15) is 12.8 Å². The first-order chi connectivity index (χ1) is 4.43. The minimum absolute atomic E-state index is 0.167. The second kappa shape index (κ2) is 5.72. The maximum atomic E-state index is 9.94. The highest BCUT2D eigenvalue weighted by Crippen LogP contribution is 2.00. The molecule has 9 heavy (non-hydrogen) atoms. The fourth-order valence-electron chi connectivity index (χ4n) is 0.828. The quantitative estimate of drug-likeness (QED) is 0.471. The Balaban J connectivity index is 0.000000291. The van der Waals surface area contributed by atoms with E-state index in [-0.39, 0.29) is 6.04 Å². The summed E-state index contributed by atoms with van der Waals surface area (Å²) in [6.07, 6.45) is 3.17. The molecule has 0 radical (unpaired) electrons. The van der Waals surface area contributed by atoms with Crippen LogP contribution in [-0.4, -0.2) is 25.9 Å². The zero-order chi connectivity index (χ0) is 7.11. The van der Waals surface area contributed by atoms with Crippen LogP contribution in [0.25, 0.3) is 0 Å². The lowest BCUT2D eigenvalue weighted by Gasteiger charge is -1.93. The molecule has 1 heterocycles. The van der Waals surface area contributed by atoms with Crippen molar-refractivity contribution < 1.29 is 4.79 Å². The normalized spacial score (nSPS) is 24.4. The van der Waals surface area contributed by atoms with Crippen molar-refractivity contribution in [1.29, 1.82) is 0 Å². The van der Waals surface area contributed by atoms with Crippen molar-refractivity contribution in [2.75, 3.05) is 13.6 Å². The summed E-state index contributed by atoms with van der Waals surface area (Å²) >= 11 is 0.